The first-order valence-electron chi connectivity index (χ1n) is 5.72. The molecule has 2 heteroatoms. The Hall–Kier alpha value is -1.02. The summed E-state index contributed by atoms with van der Waals surface area (Å²) in [6, 6.07) is 6.66. The van der Waals surface area contributed by atoms with E-state index in [-0.39, 0.29) is 5.54 Å². The van der Waals surface area contributed by atoms with E-state index in [9.17, 15) is 0 Å². The van der Waals surface area contributed by atoms with Gasteiger partial charge in [-0.1, -0.05) is 12.1 Å². The summed E-state index contributed by atoms with van der Waals surface area (Å²) in [7, 11) is 2.05. The first-order valence-corrected chi connectivity index (χ1v) is 5.72. The molecule has 3 rings (SSSR count). The third kappa shape index (κ3) is 1.36. The Bertz CT molecular complexity index is 396. The summed E-state index contributed by atoms with van der Waals surface area (Å²) in [5.41, 5.74) is 3.09. The largest absolute Gasteiger partial charge is 0.490 e. The fourth-order valence-electron chi connectivity index (χ4n) is 2.53. The Kier molecular flexibility index (Phi) is 1.84. The molecule has 1 heterocycles. The maximum absolute atomic E-state index is 5.71. The number of benzene rings is 1. The first kappa shape index (κ1) is 9.22. The molecule has 2 aliphatic rings. The summed E-state index contributed by atoms with van der Waals surface area (Å²) in [6.45, 7) is 2.13. The average Bonchev–Trinajstić information content (AvgIpc) is 2.94. The van der Waals surface area contributed by atoms with Crippen molar-refractivity contribution in [3.8, 4) is 5.75 Å². The molecular weight excluding hydrogens is 186 g/mol. The van der Waals surface area contributed by atoms with Crippen molar-refractivity contribution in [2.75, 3.05) is 7.05 Å². The molecule has 15 heavy (non-hydrogen) atoms. The van der Waals surface area contributed by atoms with Crippen LogP contribution in [0.2, 0.25) is 0 Å². The molecule has 0 amide bonds. The molecule has 0 saturated heterocycles. The van der Waals surface area contributed by atoms with Gasteiger partial charge < -0.3 is 10.1 Å². The van der Waals surface area contributed by atoms with E-state index in [1.165, 1.54) is 24.0 Å². The molecule has 80 valence electrons. The molecule has 0 aromatic heterocycles. The van der Waals surface area contributed by atoms with Crippen molar-refractivity contribution in [2.24, 2.45) is 0 Å². The van der Waals surface area contributed by atoms with Crippen molar-refractivity contribution in [3.63, 3.8) is 0 Å². The van der Waals surface area contributed by atoms with Crippen LogP contribution in [0.5, 0.6) is 5.75 Å². The Morgan fingerprint density at radius 1 is 1.40 bits per heavy atom. The van der Waals surface area contributed by atoms with Crippen molar-refractivity contribution in [3.05, 3.63) is 29.3 Å². The molecule has 1 saturated carbocycles. The van der Waals surface area contributed by atoms with Gasteiger partial charge in [-0.3, -0.25) is 0 Å². The second-order valence-corrected chi connectivity index (χ2v) is 4.79. The zero-order valence-corrected chi connectivity index (χ0v) is 9.34. The molecule has 1 fully saturated rings. The summed E-state index contributed by atoms with van der Waals surface area (Å²) < 4.78 is 5.71. The fraction of sp³-hybridized carbons (Fsp3) is 0.538. The van der Waals surface area contributed by atoms with Gasteiger partial charge in [0.05, 0.1) is 0 Å². The molecule has 1 aliphatic heterocycles. The number of fused-ring (bicyclic) bond motifs is 1. The maximum atomic E-state index is 5.71. The standard InChI is InChI=1S/C13H17NO/c1-9-7-10-8-11(3-4-12(10)15-9)13(14-2)5-6-13/h3-4,8-9,14H,5-7H2,1-2H3. The molecule has 2 nitrogen and oxygen atoms in total. The van der Waals surface area contributed by atoms with Gasteiger partial charge in [0.2, 0.25) is 0 Å². The molecule has 0 spiro atoms. The van der Waals surface area contributed by atoms with E-state index in [1.807, 2.05) is 0 Å². The van der Waals surface area contributed by atoms with Crippen LogP contribution in [0, 0.1) is 0 Å². The van der Waals surface area contributed by atoms with Gasteiger partial charge in [0, 0.05) is 12.0 Å². The summed E-state index contributed by atoms with van der Waals surface area (Å²) >= 11 is 0. The minimum atomic E-state index is 0.279. The normalized spacial score (nSPS) is 25.9. The van der Waals surface area contributed by atoms with Crippen LogP contribution in [0.3, 0.4) is 0 Å². The van der Waals surface area contributed by atoms with Crippen LogP contribution in [-0.2, 0) is 12.0 Å². The van der Waals surface area contributed by atoms with E-state index >= 15 is 0 Å². The van der Waals surface area contributed by atoms with Crippen molar-refractivity contribution < 1.29 is 4.74 Å². The van der Waals surface area contributed by atoms with Crippen LogP contribution in [0.4, 0.5) is 0 Å². The lowest BCUT2D eigenvalue weighted by molar-refractivity contribution is 0.254. The molecule has 1 N–H and O–H groups in total. The van der Waals surface area contributed by atoms with Crippen LogP contribution >= 0.6 is 0 Å². The van der Waals surface area contributed by atoms with Crippen molar-refractivity contribution >= 4 is 0 Å². The molecule has 0 radical (unpaired) electrons. The molecule has 1 unspecified atom stereocenters. The van der Waals surface area contributed by atoms with Crippen LogP contribution in [-0.4, -0.2) is 13.2 Å². The third-order valence-electron chi connectivity index (χ3n) is 3.68. The highest BCUT2D eigenvalue weighted by Gasteiger charge is 2.43. The predicted molar refractivity (Wildman–Crippen MR) is 60.2 cm³/mol. The SMILES string of the molecule is CNC1(c2ccc3c(c2)CC(C)O3)CC1. The number of rotatable bonds is 2. The highest BCUT2D eigenvalue weighted by Crippen LogP contribution is 2.46. The monoisotopic (exact) mass is 203 g/mol. The average molecular weight is 203 g/mol. The lowest BCUT2D eigenvalue weighted by atomic mass is 10.0. The quantitative estimate of drug-likeness (QED) is 0.795. The minimum Gasteiger partial charge on any atom is -0.490 e. The fourth-order valence-corrected chi connectivity index (χ4v) is 2.53. The van der Waals surface area contributed by atoms with Gasteiger partial charge in [-0.15, -0.1) is 0 Å². The Morgan fingerprint density at radius 3 is 2.87 bits per heavy atom. The lowest BCUT2D eigenvalue weighted by Gasteiger charge is -2.15. The first-order chi connectivity index (χ1) is 7.23. The molecule has 0 bridgehead atoms. The van der Waals surface area contributed by atoms with Gasteiger partial charge in [-0.05, 0) is 44.0 Å². The van der Waals surface area contributed by atoms with E-state index in [1.54, 1.807) is 0 Å². The topological polar surface area (TPSA) is 21.3 Å². The van der Waals surface area contributed by atoms with E-state index < -0.39 is 0 Å². The number of nitrogens with one attached hydrogen (secondary N) is 1. The highest BCUT2D eigenvalue weighted by molar-refractivity contribution is 5.44. The van der Waals surface area contributed by atoms with Crippen LogP contribution in [0.25, 0.3) is 0 Å². The summed E-state index contributed by atoms with van der Waals surface area (Å²) in [5, 5.41) is 3.43. The van der Waals surface area contributed by atoms with Gasteiger partial charge in [0.1, 0.15) is 11.9 Å². The van der Waals surface area contributed by atoms with Gasteiger partial charge in [-0.25, -0.2) is 0 Å². The van der Waals surface area contributed by atoms with Gasteiger partial charge >= 0.3 is 0 Å². The summed E-state index contributed by atoms with van der Waals surface area (Å²) in [6.07, 6.45) is 3.93. The van der Waals surface area contributed by atoms with Crippen LogP contribution < -0.4 is 10.1 Å². The zero-order valence-electron chi connectivity index (χ0n) is 9.34. The number of ether oxygens (including phenoxy) is 1. The second-order valence-electron chi connectivity index (χ2n) is 4.79. The molecule has 1 atom stereocenters. The van der Waals surface area contributed by atoms with Crippen molar-refractivity contribution in [1.29, 1.82) is 0 Å². The lowest BCUT2D eigenvalue weighted by Crippen LogP contribution is -2.24. The van der Waals surface area contributed by atoms with E-state index in [4.69, 9.17) is 4.74 Å². The van der Waals surface area contributed by atoms with E-state index in [2.05, 4.69) is 37.5 Å². The van der Waals surface area contributed by atoms with Gasteiger partial charge in [0.25, 0.3) is 0 Å². The summed E-state index contributed by atoms with van der Waals surface area (Å²) in [5.74, 6) is 1.08. The van der Waals surface area contributed by atoms with E-state index in [0.717, 1.165) is 12.2 Å². The van der Waals surface area contributed by atoms with Gasteiger partial charge in [0.15, 0.2) is 0 Å². The second kappa shape index (κ2) is 2.99. The zero-order chi connectivity index (χ0) is 10.5. The molecular formula is C13H17NO. The Labute approximate surface area is 90.6 Å². The van der Waals surface area contributed by atoms with Crippen LogP contribution in [0.1, 0.15) is 30.9 Å². The molecule has 1 aliphatic carbocycles. The number of hydrogen-bond acceptors (Lipinski definition) is 2. The third-order valence-corrected chi connectivity index (χ3v) is 3.68. The molecule has 1 aromatic carbocycles. The Balaban J connectivity index is 1.97. The number of hydrogen-bond donors (Lipinski definition) is 1. The summed E-state index contributed by atoms with van der Waals surface area (Å²) in [4.78, 5) is 0. The van der Waals surface area contributed by atoms with Gasteiger partial charge in [-0.2, -0.15) is 0 Å². The Morgan fingerprint density at radius 2 is 2.20 bits per heavy atom. The smallest absolute Gasteiger partial charge is 0.123 e. The predicted octanol–water partition coefficient (Wildman–Crippen LogP) is 2.22. The van der Waals surface area contributed by atoms with Crippen molar-refractivity contribution in [1.82, 2.24) is 5.32 Å². The maximum Gasteiger partial charge on any atom is 0.123 e. The van der Waals surface area contributed by atoms with Crippen LogP contribution in [0.15, 0.2) is 18.2 Å². The minimum absolute atomic E-state index is 0.279. The highest BCUT2D eigenvalue weighted by atomic mass is 16.5. The van der Waals surface area contributed by atoms with E-state index in [0.29, 0.717) is 6.10 Å². The van der Waals surface area contributed by atoms with Crippen molar-refractivity contribution in [2.45, 2.75) is 37.8 Å². The molecule has 1 aromatic rings.